The average Bonchev–Trinajstić information content (AvgIpc) is 3.49. The highest BCUT2D eigenvalue weighted by Crippen LogP contribution is 2.45. The van der Waals surface area contributed by atoms with Crippen molar-refractivity contribution in [2.75, 3.05) is 11.9 Å². The van der Waals surface area contributed by atoms with E-state index in [1.54, 1.807) is 17.5 Å². The highest BCUT2D eigenvalue weighted by atomic mass is 32.1. The minimum atomic E-state index is 0.230. The minimum absolute atomic E-state index is 0.230. The third kappa shape index (κ3) is 4.00. The molecule has 0 radical (unpaired) electrons. The summed E-state index contributed by atoms with van der Waals surface area (Å²) in [5.41, 5.74) is 3.13. The quantitative estimate of drug-likeness (QED) is 0.415. The van der Waals surface area contributed by atoms with Crippen LogP contribution < -0.4 is 5.32 Å². The zero-order chi connectivity index (χ0) is 23.9. The number of anilines is 1. The van der Waals surface area contributed by atoms with Gasteiger partial charge in [0.05, 0.1) is 10.3 Å². The molecule has 4 aromatic heterocycles. The first-order valence-electron chi connectivity index (χ1n) is 11.8. The fourth-order valence-corrected chi connectivity index (χ4v) is 5.88. The summed E-state index contributed by atoms with van der Waals surface area (Å²) in [5.74, 6) is 2.48. The van der Waals surface area contributed by atoms with Crippen LogP contribution in [0.15, 0.2) is 55.0 Å². The number of nitrogens with zero attached hydrogens (tertiary/aromatic N) is 6. The predicted molar refractivity (Wildman–Crippen MR) is 140 cm³/mol. The molecule has 0 unspecified atom stereocenters. The number of aliphatic hydroxyl groups is 1. The summed E-state index contributed by atoms with van der Waals surface area (Å²) >= 11 is 1.64. The third-order valence-corrected chi connectivity index (χ3v) is 7.73. The summed E-state index contributed by atoms with van der Waals surface area (Å²) in [6, 6.07) is 2.31. The Morgan fingerprint density at radius 3 is 2.80 bits per heavy atom. The first kappa shape index (κ1) is 21.9. The minimum Gasteiger partial charge on any atom is -0.396 e. The fourth-order valence-electron chi connectivity index (χ4n) is 4.72. The Hall–Kier alpha value is -3.56. The summed E-state index contributed by atoms with van der Waals surface area (Å²) in [4.78, 5) is 16.5. The van der Waals surface area contributed by atoms with Gasteiger partial charge in [-0.15, -0.1) is 11.3 Å². The number of aliphatic hydroxyl groups excluding tert-OH is 1. The maximum atomic E-state index is 9.52. The van der Waals surface area contributed by atoms with Crippen LogP contribution >= 0.6 is 11.3 Å². The van der Waals surface area contributed by atoms with Gasteiger partial charge in [0.2, 0.25) is 0 Å². The zero-order valence-corrected chi connectivity index (χ0v) is 20.5. The molecule has 1 saturated carbocycles. The fraction of sp³-hybridized carbons (Fsp3) is 0.308. The molecule has 9 heteroatoms. The molecule has 0 spiro atoms. The molecule has 1 fully saturated rings. The van der Waals surface area contributed by atoms with E-state index in [-0.39, 0.29) is 12.6 Å². The van der Waals surface area contributed by atoms with Crippen LogP contribution in [0.3, 0.4) is 0 Å². The van der Waals surface area contributed by atoms with Gasteiger partial charge in [-0.25, -0.2) is 15.0 Å². The first-order chi connectivity index (χ1) is 17.1. The van der Waals surface area contributed by atoms with Gasteiger partial charge in [0.1, 0.15) is 16.3 Å². The van der Waals surface area contributed by atoms with Crippen LogP contribution in [0.25, 0.3) is 38.0 Å². The molecule has 0 aliphatic heterocycles. The van der Waals surface area contributed by atoms with Gasteiger partial charge in [-0.1, -0.05) is 30.4 Å². The molecule has 0 atom stereocenters. The number of allylic oxidation sites excluding steroid dienone is 6. The van der Waals surface area contributed by atoms with Crippen molar-refractivity contribution >= 4 is 32.9 Å². The van der Waals surface area contributed by atoms with Crippen LogP contribution in [0.5, 0.6) is 0 Å². The molecular weight excluding hydrogens is 458 g/mol. The van der Waals surface area contributed by atoms with E-state index >= 15 is 0 Å². The predicted octanol–water partition coefficient (Wildman–Crippen LogP) is 4.57. The van der Waals surface area contributed by atoms with Gasteiger partial charge < -0.3 is 15.0 Å². The van der Waals surface area contributed by atoms with Crippen molar-refractivity contribution in [1.29, 1.82) is 0 Å². The highest BCUT2D eigenvalue weighted by molar-refractivity contribution is 7.22. The SMILES string of the molecule is Cn1ccc(-c2sc3nc(-c4nccn4C)nc(NC4CC(CO)C4)c3c2C2=CC=CCC=C2)n1. The van der Waals surface area contributed by atoms with Crippen LogP contribution in [-0.4, -0.2) is 47.1 Å². The Morgan fingerprint density at radius 2 is 2.06 bits per heavy atom. The van der Waals surface area contributed by atoms with Crippen LogP contribution in [0.2, 0.25) is 0 Å². The Labute approximate surface area is 207 Å². The molecule has 0 amide bonds. The number of aromatic nitrogens is 6. The summed E-state index contributed by atoms with van der Waals surface area (Å²) in [7, 11) is 3.89. The zero-order valence-electron chi connectivity index (χ0n) is 19.7. The molecule has 0 aromatic carbocycles. The summed E-state index contributed by atoms with van der Waals surface area (Å²) in [6.45, 7) is 0.230. The number of rotatable bonds is 6. The van der Waals surface area contributed by atoms with E-state index < -0.39 is 0 Å². The third-order valence-electron chi connectivity index (χ3n) is 6.62. The second-order valence-corrected chi connectivity index (χ2v) is 10.2. The summed E-state index contributed by atoms with van der Waals surface area (Å²) in [6.07, 6.45) is 19.1. The van der Waals surface area contributed by atoms with E-state index in [4.69, 9.17) is 15.1 Å². The Morgan fingerprint density at radius 1 is 1.17 bits per heavy atom. The molecule has 35 heavy (non-hydrogen) atoms. The monoisotopic (exact) mass is 485 g/mol. The standard InChI is InChI=1S/C26H27N7OS/c1-32-12-10-27-25(32)24-29-23(28-18-13-16(14-18)15-34)21-20(17-7-5-3-4-6-8-17)22(35-26(21)30-24)19-9-11-33(2)31-19/h3,5-12,16,18,34H,4,13-15H2,1-2H3,(H,28,29,30). The van der Waals surface area contributed by atoms with Crippen molar-refractivity contribution in [3.8, 4) is 22.2 Å². The molecular formula is C26H27N7OS. The van der Waals surface area contributed by atoms with Crippen LogP contribution in [0.4, 0.5) is 5.82 Å². The molecule has 2 N–H and O–H groups in total. The summed E-state index contributed by atoms with van der Waals surface area (Å²) < 4.78 is 3.76. The number of fused-ring (bicyclic) bond motifs is 1. The lowest BCUT2D eigenvalue weighted by molar-refractivity contribution is 0.151. The van der Waals surface area contributed by atoms with E-state index in [1.165, 1.54) is 0 Å². The van der Waals surface area contributed by atoms with Crippen molar-refractivity contribution in [2.45, 2.75) is 25.3 Å². The Bertz CT molecular complexity index is 1480. The number of hydrogen-bond donors (Lipinski definition) is 2. The largest absolute Gasteiger partial charge is 0.396 e. The molecule has 2 aliphatic carbocycles. The van der Waals surface area contributed by atoms with Crippen molar-refractivity contribution in [1.82, 2.24) is 29.3 Å². The molecule has 178 valence electrons. The Balaban J connectivity index is 1.59. The Kier molecular flexibility index (Phi) is 5.58. The number of hydrogen-bond acceptors (Lipinski definition) is 7. The lowest BCUT2D eigenvalue weighted by Gasteiger charge is -2.35. The molecule has 4 aromatic rings. The van der Waals surface area contributed by atoms with Crippen molar-refractivity contribution < 1.29 is 5.11 Å². The van der Waals surface area contributed by atoms with Gasteiger partial charge in [0.15, 0.2) is 11.6 Å². The second kappa shape index (κ2) is 8.90. The topological polar surface area (TPSA) is 93.7 Å². The van der Waals surface area contributed by atoms with Crippen molar-refractivity contribution in [2.24, 2.45) is 20.0 Å². The van der Waals surface area contributed by atoms with Gasteiger partial charge in [-0.3, -0.25) is 4.68 Å². The smallest absolute Gasteiger partial charge is 0.199 e. The van der Waals surface area contributed by atoms with E-state index in [2.05, 4.69) is 40.7 Å². The molecule has 8 nitrogen and oxygen atoms in total. The van der Waals surface area contributed by atoms with Gasteiger partial charge in [0, 0.05) is 50.9 Å². The lowest BCUT2D eigenvalue weighted by atomic mass is 9.81. The number of nitrogens with one attached hydrogen (secondary N) is 1. The maximum Gasteiger partial charge on any atom is 0.199 e. The van der Waals surface area contributed by atoms with Crippen molar-refractivity contribution in [3.05, 3.63) is 60.6 Å². The number of aryl methyl sites for hydroxylation is 2. The second-order valence-electron chi connectivity index (χ2n) is 9.17. The molecule has 2 aliphatic rings. The van der Waals surface area contributed by atoms with E-state index in [0.29, 0.717) is 11.7 Å². The van der Waals surface area contributed by atoms with E-state index in [1.807, 2.05) is 41.8 Å². The van der Waals surface area contributed by atoms with Crippen LogP contribution in [0, 0.1) is 5.92 Å². The van der Waals surface area contributed by atoms with Crippen LogP contribution in [-0.2, 0) is 14.1 Å². The molecule has 6 rings (SSSR count). The van der Waals surface area contributed by atoms with Gasteiger partial charge in [0.25, 0.3) is 0 Å². The van der Waals surface area contributed by atoms with Gasteiger partial charge in [-0.05, 0) is 36.8 Å². The number of thiophene rings is 1. The van der Waals surface area contributed by atoms with E-state index in [0.717, 1.165) is 62.8 Å². The average molecular weight is 486 g/mol. The summed E-state index contributed by atoms with van der Waals surface area (Å²) in [5, 5.41) is 18.9. The van der Waals surface area contributed by atoms with Crippen LogP contribution in [0.1, 0.15) is 24.8 Å². The molecule has 0 saturated heterocycles. The van der Waals surface area contributed by atoms with Crippen molar-refractivity contribution in [3.63, 3.8) is 0 Å². The molecule has 0 bridgehead atoms. The van der Waals surface area contributed by atoms with Gasteiger partial charge in [-0.2, -0.15) is 5.10 Å². The first-order valence-corrected chi connectivity index (χ1v) is 12.7. The lowest BCUT2D eigenvalue weighted by Crippen LogP contribution is -2.37. The maximum absolute atomic E-state index is 9.52. The van der Waals surface area contributed by atoms with Gasteiger partial charge >= 0.3 is 0 Å². The van der Waals surface area contributed by atoms with E-state index in [9.17, 15) is 5.11 Å². The number of imidazole rings is 1. The highest BCUT2D eigenvalue weighted by Gasteiger charge is 2.31. The molecule has 4 heterocycles. The normalized spacial score (nSPS) is 19.6.